The Balaban J connectivity index is 2.02. The van der Waals surface area contributed by atoms with E-state index in [-0.39, 0.29) is 18.0 Å². The zero-order valence-electron chi connectivity index (χ0n) is 13.4. The molecule has 3 nitrogen and oxygen atoms in total. The van der Waals surface area contributed by atoms with Crippen LogP contribution in [0.5, 0.6) is 0 Å². The van der Waals surface area contributed by atoms with Gasteiger partial charge >= 0.3 is 0 Å². The Hall–Kier alpha value is -2.13. The van der Waals surface area contributed by atoms with Crippen molar-refractivity contribution in [2.75, 3.05) is 5.32 Å². The molecule has 116 valence electrons. The van der Waals surface area contributed by atoms with Crippen molar-refractivity contribution < 1.29 is 4.79 Å². The van der Waals surface area contributed by atoms with Crippen molar-refractivity contribution in [3.05, 3.63) is 66.2 Å². The first-order valence-corrected chi connectivity index (χ1v) is 7.75. The van der Waals surface area contributed by atoms with E-state index < -0.39 is 0 Å². The van der Waals surface area contributed by atoms with Gasteiger partial charge in [0.05, 0.1) is 6.04 Å². The van der Waals surface area contributed by atoms with E-state index in [9.17, 15) is 4.79 Å². The third kappa shape index (κ3) is 4.43. The van der Waals surface area contributed by atoms with E-state index >= 15 is 0 Å². The van der Waals surface area contributed by atoms with Crippen LogP contribution in [0, 0.1) is 5.92 Å². The van der Waals surface area contributed by atoms with E-state index in [2.05, 4.69) is 36.6 Å². The summed E-state index contributed by atoms with van der Waals surface area (Å²) in [5, 5.41) is 6.38. The zero-order valence-corrected chi connectivity index (χ0v) is 13.4. The van der Waals surface area contributed by atoms with Crippen LogP contribution in [0.2, 0.25) is 0 Å². The second-order valence-corrected chi connectivity index (χ2v) is 5.88. The lowest BCUT2D eigenvalue weighted by Crippen LogP contribution is -2.41. The average Bonchev–Trinajstić information content (AvgIpc) is 2.53. The van der Waals surface area contributed by atoms with Gasteiger partial charge in [0.15, 0.2) is 0 Å². The predicted octanol–water partition coefficient (Wildman–Crippen LogP) is 4.00. The van der Waals surface area contributed by atoms with Crippen molar-refractivity contribution in [1.82, 2.24) is 5.32 Å². The van der Waals surface area contributed by atoms with Crippen LogP contribution in [-0.2, 0) is 4.79 Å². The standard InChI is InChI=1S/C19H24N2O/c1-14(2)18(16-10-6-4-7-11-16)20-15(3)19(22)21-17-12-8-5-9-13-17/h4-15,18,20H,1-3H3,(H,21,22)/t15-,18-/m0/s1. The van der Waals surface area contributed by atoms with Crippen LogP contribution in [0.1, 0.15) is 32.4 Å². The first-order valence-electron chi connectivity index (χ1n) is 7.75. The van der Waals surface area contributed by atoms with Crippen molar-refractivity contribution in [1.29, 1.82) is 0 Å². The fraction of sp³-hybridized carbons (Fsp3) is 0.316. The minimum atomic E-state index is -0.271. The van der Waals surface area contributed by atoms with Crippen molar-refractivity contribution >= 4 is 11.6 Å². The summed E-state index contributed by atoms with van der Waals surface area (Å²) in [7, 11) is 0. The maximum atomic E-state index is 12.3. The molecular formula is C19H24N2O. The molecule has 2 N–H and O–H groups in total. The molecule has 0 fully saturated rings. The molecule has 0 aliphatic heterocycles. The highest BCUT2D eigenvalue weighted by Crippen LogP contribution is 2.22. The molecule has 0 aliphatic rings. The lowest BCUT2D eigenvalue weighted by Gasteiger charge is -2.26. The smallest absolute Gasteiger partial charge is 0.241 e. The Labute approximate surface area is 132 Å². The van der Waals surface area contributed by atoms with E-state index in [0.29, 0.717) is 5.92 Å². The topological polar surface area (TPSA) is 41.1 Å². The molecule has 0 saturated heterocycles. The van der Waals surface area contributed by atoms with Gasteiger partial charge in [0.2, 0.25) is 5.91 Å². The molecular weight excluding hydrogens is 272 g/mol. The first-order chi connectivity index (χ1) is 10.6. The van der Waals surface area contributed by atoms with Crippen molar-refractivity contribution in [3.8, 4) is 0 Å². The highest BCUT2D eigenvalue weighted by molar-refractivity contribution is 5.94. The van der Waals surface area contributed by atoms with Gasteiger partial charge in [-0.05, 0) is 30.5 Å². The molecule has 22 heavy (non-hydrogen) atoms. The van der Waals surface area contributed by atoms with Crippen molar-refractivity contribution in [2.24, 2.45) is 5.92 Å². The van der Waals surface area contributed by atoms with E-state index in [1.807, 2.05) is 55.5 Å². The van der Waals surface area contributed by atoms with Crippen LogP contribution in [-0.4, -0.2) is 11.9 Å². The molecule has 0 aliphatic carbocycles. The highest BCUT2D eigenvalue weighted by atomic mass is 16.2. The maximum absolute atomic E-state index is 12.3. The van der Waals surface area contributed by atoms with Gasteiger partial charge in [-0.15, -0.1) is 0 Å². The highest BCUT2D eigenvalue weighted by Gasteiger charge is 2.21. The lowest BCUT2D eigenvalue weighted by molar-refractivity contribution is -0.118. The van der Waals surface area contributed by atoms with Crippen LogP contribution >= 0.6 is 0 Å². The summed E-state index contributed by atoms with van der Waals surface area (Å²) < 4.78 is 0. The number of carbonyl (C=O) groups is 1. The van der Waals surface area contributed by atoms with Crippen LogP contribution in [0.4, 0.5) is 5.69 Å². The molecule has 0 heterocycles. The summed E-state index contributed by atoms with van der Waals surface area (Å²) in [4.78, 5) is 12.3. The van der Waals surface area contributed by atoms with Gasteiger partial charge in [0, 0.05) is 11.7 Å². The van der Waals surface area contributed by atoms with Gasteiger partial charge in [-0.25, -0.2) is 0 Å². The summed E-state index contributed by atoms with van der Waals surface area (Å²) in [5.41, 5.74) is 2.03. The summed E-state index contributed by atoms with van der Waals surface area (Å²) in [6.45, 7) is 6.22. The van der Waals surface area contributed by atoms with Gasteiger partial charge < -0.3 is 5.32 Å². The van der Waals surface area contributed by atoms with Crippen LogP contribution in [0.15, 0.2) is 60.7 Å². The van der Waals surface area contributed by atoms with Crippen LogP contribution in [0.3, 0.4) is 0 Å². The Morgan fingerprint density at radius 1 is 0.864 bits per heavy atom. The SMILES string of the molecule is CC(C)[C@H](N[C@@H](C)C(=O)Nc1ccccc1)c1ccccc1. The van der Waals surface area contributed by atoms with Crippen molar-refractivity contribution in [3.63, 3.8) is 0 Å². The van der Waals surface area contributed by atoms with Crippen molar-refractivity contribution in [2.45, 2.75) is 32.9 Å². The molecule has 0 unspecified atom stereocenters. The summed E-state index contributed by atoms with van der Waals surface area (Å²) in [5.74, 6) is 0.377. The minimum Gasteiger partial charge on any atom is -0.325 e. The molecule has 2 aromatic rings. The normalized spacial score (nSPS) is 13.6. The maximum Gasteiger partial charge on any atom is 0.241 e. The number of anilines is 1. The third-order valence-electron chi connectivity index (χ3n) is 3.69. The fourth-order valence-corrected chi connectivity index (χ4v) is 2.45. The Bertz CT molecular complexity index is 581. The van der Waals surface area contributed by atoms with Crippen LogP contribution in [0.25, 0.3) is 0 Å². The molecule has 0 radical (unpaired) electrons. The quantitative estimate of drug-likeness (QED) is 0.846. The second kappa shape index (κ2) is 7.76. The first kappa shape index (κ1) is 16.2. The fourth-order valence-electron chi connectivity index (χ4n) is 2.45. The van der Waals surface area contributed by atoms with Crippen LogP contribution < -0.4 is 10.6 Å². The number of para-hydroxylation sites is 1. The summed E-state index contributed by atoms with van der Waals surface area (Å²) in [6.07, 6.45) is 0. The van der Waals surface area contributed by atoms with Gasteiger partial charge in [0.25, 0.3) is 0 Å². The number of amides is 1. The average molecular weight is 296 g/mol. The molecule has 1 amide bonds. The molecule has 2 rings (SSSR count). The molecule has 3 heteroatoms. The van der Waals surface area contributed by atoms with Gasteiger partial charge in [-0.3, -0.25) is 10.1 Å². The molecule has 2 aromatic carbocycles. The van der Waals surface area contributed by atoms with E-state index in [1.54, 1.807) is 0 Å². The Morgan fingerprint density at radius 3 is 1.95 bits per heavy atom. The van der Waals surface area contributed by atoms with E-state index in [1.165, 1.54) is 5.56 Å². The lowest BCUT2D eigenvalue weighted by atomic mass is 9.95. The molecule has 0 aromatic heterocycles. The third-order valence-corrected chi connectivity index (χ3v) is 3.69. The summed E-state index contributed by atoms with van der Waals surface area (Å²) >= 11 is 0. The minimum absolute atomic E-state index is 0.0206. The molecule has 0 saturated carbocycles. The monoisotopic (exact) mass is 296 g/mol. The number of hydrogen-bond acceptors (Lipinski definition) is 2. The predicted molar refractivity (Wildman–Crippen MR) is 91.7 cm³/mol. The van der Waals surface area contributed by atoms with E-state index in [4.69, 9.17) is 0 Å². The van der Waals surface area contributed by atoms with Gasteiger partial charge in [-0.2, -0.15) is 0 Å². The molecule has 0 bridgehead atoms. The number of benzene rings is 2. The number of rotatable bonds is 6. The van der Waals surface area contributed by atoms with Gasteiger partial charge in [0.1, 0.15) is 0 Å². The number of hydrogen-bond donors (Lipinski definition) is 2. The van der Waals surface area contributed by atoms with Gasteiger partial charge in [-0.1, -0.05) is 62.4 Å². The second-order valence-electron chi connectivity index (χ2n) is 5.88. The van der Waals surface area contributed by atoms with E-state index in [0.717, 1.165) is 5.69 Å². The Morgan fingerprint density at radius 2 is 1.41 bits per heavy atom. The number of nitrogens with one attached hydrogen (secondary N) is 2. The largest absolute Gasteiger partial charge is 0.325 e. The Kier molecular flexibility index (Phi) is 5.73. The summed E-state index contributed by atoms with van der Waals surface area (Å²) in [6, 6.07) is 19.7. The zero-order chi connectivity index (χ0) is 15.9. The molecule has 2 atom stereocenters. The number of carbonyl (C=O) groups excluding carboxylic acids is 1. The molecule has 0 spiro atoms.